The monoisotopic (exact) mass is 435 g/mol. The van der Waals surface area contributed by atoms with E-state index in [4.69, 9.17) is 0 Å². The van der Waals surface area contributed by atoms with Crippen molar-refractivity contribution in [1.82, 2.24) is 4.98 Å². The molecular formula is C19H16F7N3O. The molecule has 1 aliphatic heterocycles. The quantitative estimate of drug-likeness (QED) is 0.645. The molecule has 0 unspecified atom stereocenters. The van der Waals surface area contributed by atoms with E-state index < -0.39 is 47.2 Å². The van der Waals surface area contributed by atoms with E-state index in [9.17, 15) is 35.5 Å². The normalized spacial score (nSPS) is 17.3. The third-order valence-electron chi connectivity index (χ3n) is 4.81. The number of anilines is 2. The Morgan fingerprint density at radius 3 is 2.27 bits per heavy atom. The summed E-state index contributed by atoms with van der Waals surface area (Å²) in [5.74, 6) is -1.64. The number of carbonyl (C=O) groups excluding carboxylic acids is 1. The first-order chi connectivity index (χ1) is 13.9. The summed E-state index contributed by atoms with van der Waals surface area (Å²) in [6.45, 7) is 0.0687. The van der Waals surface area contributed by atoms with Crippen LogP contribution in [0.3, 0.4) is 0 Å². The van der Waals surface area contributed by atoms with Gasteiger partial charge in [-0.25, -0.2) is 9.37 Å². The minimum absolute atomic E-state index is 0.0545. The summed E-state index contributed by atoms with van der Waals surface area (Å²) in [5, 5.41) is 0. The summed E-state index contributed by atoms with van der Waals surface area (Å²) in [4.78, 5) is 18.6. The second-order valence-corrected chi connectivity index (χ2v) is 6.82. The Kier molecular flexibility index (Phi) is 5.66. The first kappa shape index (κ1) is 21.8. The number of rotatable bonds is 3. The second-order valence-electron chi connectivity index (χ2n) is 6.82. The Labute approximate surface area is 166 Å². The molecule has 162 valence electrons. The van der Waals surface area contributed by atoms with Crippen molar-refractivity contribution >= 4 is 17.4 Å². The van der Waals surface area contributed by atoms with E-state index >= 15 is 0 Å². The Morgan fingerprint density at radius 1 is 1.07 bits per heavy atom. The number of carbonyl (C=O) groups is 1. The van der Waals surface area contributed by atoms with Crippen molar-refractivity contribution in [3.63, 3.8) is 0 Å². The second kappa shape index (κ2) is 7.77. The van der Waals surface area contributed by atoms with E-state index in [1.54, 1.807) is 0 Å². The van der Waals surface area contributed by atoms with Crippen LogP contribution in [0.1, 0.15) is 24.1 Å². The van der Waals surface area contributed by atoms with Crippen LogP contribution in [-0.4, -0.2) is 30.5 Å². The van der Waals surface area contributed by atoms with Crippen LogP contribution in [-0.2, 0) is 17.1 Å². The molecule has 1 atom stereocenters. The standard InChI is InChI=1S/C19H16F7N3O/c1-28(13-6-4-12(20)5-7-13)17(30)14-3-2-8-29(14)16-10-11(18(21,22)23)9-15(27-16)19(24,25)26/h4-7,9-10,14H,2-3,8H2,1H3/t14-/m1/s1. The lowest BCUT2D eigenvalue weighted by Gasteiger charge is -2.29. The van der Waals surface area contributed by atoms with Gasteiger partial charge in [-0.1, -0.05) is 0 Å². The van der Waals surface area contributed by atoms with Crippen molar-refractivity contribution in [2.75, 3.05) is 23.4 Å². The van der Waals surface area contributed by atoms with Crippen molar-refractivity contribution in [2.45, 2.75) is 31.2 Å². The predicted molar refractivity (Wildman–Crippen MR) is 94.4 cm³/mol. The number of aromatic nitrogens is 1. The molecule has 3 rings (SSSR count). The maximum Gasteiger partial charge on any atom is 0.433 e. The fourth-order valence-corrected chi connectivity index (χ4v) is 3.29. The number of nitrogens with zero attached hydrogens (tertiary/aromatic N) is 3. The zero-order valence-electron chi connectivity index (χ0n) is 15.6. The molecule has 1 aliphatic rings. The van der Waals surface area contributed by atoms with Gasteiger partial charge >= 0.3 is 12.4 Å². The lowest BCUT2D eigenvalue weighted by molar-refractivity contribution is -0.145. The van der Waals surface area contributed by atoms with Crippen LogP contribution in [0.15, 0.2) is 36.4 Å². The maximum absolute atomic E-state index is 13.1. The average Bonchev–Trinajstić information content (AvgIpc) is 3.15. The molecule has 1 aromatic heterocycles. The zero-order chi connectivity index (χ0) is 22.3. The minimum Gasteiger partial charge on any atom is -0.345 e. The first-order valence-corrected chi connectivity index (χ1v) is 8.84. The van der Waals surface area contributed by atoms with E-state index in [2.05, 4.69) is 4.98 Å². The molecular weight excluding hydrogens is 419 g/mol. The molecule has 2 heterocycles. The van der Waals surface area contributed by atoms with Gasteiger partial charge in [0.15, 0.2) is 0 Å². The fourth-order valence-electron chi connectivity index (χ4n) is 3.29. The van der Waals surface area contributed by atoms with Gasteiger partial charge in [0.25, 0.3) is 0 Å². The fraction of sp³-hybridized carbons (Fsp3) is 0.368. The molecule has 0 aliphatic carbocycles. The molecule has 0 radical (unpaired) electrons. The molecule has 11 heteroatoms. The van der Waals surface area contributed by atoms with Gasteiger partial charge in [0.1, 0.15) is 23.4 Å². The summed E-state index contributed by atoms with van der Waals surface area (Å²) in [5.41, 5.74) is -2.84. The van der Waals surface area contributed by atoms with Crippen LogP contribution in [0.2, 0.25) is 0 Å². The lowest BCUT2D eigenvalue weighted by Crippen LogP contribution is -2.45. The molecule has 0 saturated carbocycles. The Hall–Kier alpha value is -2.85. The Bertz CT molecular complexity index is 893. The number of halogens is 7. The summed E-state index contributed by atoms with van der Waals surface area (Å²) in [7, 11) is 1.40. The summed E-state index contributed by atoms with van der Waals surface area (Å²) in [6.07, 6.45) is -9.49. The highest BCUT2D eigenvalue weighted by Gasteiger charge is 2.41. The van der Waals surface area contributed by atoms with Gasteiger partial charge in [0.05, 0.1) is 5.56 Å². The van der Waals surface area contributed by atoms with Crippen LogP contribution in [0, 0.1) is 5.82 Å². The molecule has 1 saturated heterocycles. The Balaban J connectivity index is 1.96. The number of pyridine rings is 1. The largest absolute Gasteiger partial charge is 0.433 e. The third-order valence-corrected chi connectivity index (χ3v) is 4.81. The molecule has 0 bridgehead atoms. The number of hydrogen-bond acceptors (Lipinski definition) is 3. The first-order valence-electron chi connectivity index (χ1n) is 8.84. The van der Waals surface area contributed by atoms with Crippen LogP contribution in [0.25, 0.3) is 0 Å². The van der Waals surface area contributed by atoms with Crippen molar-refractivity contribution < 1.29 is 35.5 Å². The van der Waals surface area contributed by atoms with Gasteiger partial charge in [-0.2, -0.15) is 26.3 Å². The maximum atomic E-state index is 13.1. The van der Waals surface area contributed by atoms with Gasteiger partial charge in [0, 0.05) is 19.3 Å². The van der Waals surface area contributed by atoms with E-state index in [0.717, 1.165) is 17.0 Å². The van der Waals surface area contributed by atoms with Gasteiger partial charge in [0.2, 0.25) is 5.91 Å². The highest BCUT2D eigenvalue weighted by atomic mass is 19.4. The topological polar surface area (TPSA) is 36.4 Å². The van der Waals surface area contributed by atoms with Gasteiger partial charge in [-0.3, -0.25) is 4.79 Å². The van der Waals surface area contributed by atoms with Crippen LogP contribution < -0.4 is 9.80 Å². The average molecular weight is 435 g/mol. The van der Waals surface area contributed by atoms with Gasteiger partial charge in [-0.05, 0) is 49.2 Å². The molecule has 1 aromatic carbocycles. The van der Waals surface area contributed by atoms with Crippen LogP contribution in [0.5, 0.6) is 0 Å². The van der Waals surface area contributed by atoms with E-state index in [-0.39, 0.29) is 19.0 Å². The molecule has 4 nitrogen and oxygen atoms in total. The summed E-state index contributed by atoms with van der Waals surface area (Å²) < 4.78 is 91.8. The summed E-state index contributed by atoms with van der Waals surface area (Å²) >= 11 is 0. The zero-order valence-corrected chi connectivity index (χ0v) is 15.6. The molecule has 30 heavy (non-hydrogen) atoms. The number of hydrogen-bond donors (Lipinski definition) is 0. The minimum atomic E-state index is -5.08. The third kappa shape index (κ3) is 4.49. The number of alkyl halides is 6. The predicted octanol–water partition coefficient (Wildman–Crippen LogP) is 4.89. The van der Waals surface area contributed by atoms with Gasteiger partial charge in [-0.15, -0.1) is 0 Å². The number of benzene rings is 1. The van der Waals surface area contributed by atoms with Gasteiger partial charge < -0.3 is 9.80 Å². The SMILES string of the molecule is CN(C(=O)[C@H]1CCCN1c1cc(C(F)(F)F)cc(C(F)(F)F)n1)c1ccc(F)cc1. The number of amides is 1. The Morgan fingerprint density at radius 2 is 1.70 bits per heavy atom. The molecule has 2 aromatic rings. The number of likely N-dealkylation sites (N-methyl/N-ethyl adjacent to an activating group) is 1. The molecule has 1 amide bonds. The smallest absolute Gasteiger partial charge is 0.345 e. The van der Waals surface area contributed by atoms with E-state index in [0.29, 0.717) is 18.2 Å². The van der Waals surface area contributed by atoms with Crippen molar-refractivity contribution in [3.05, 3.63) is 53.5 Å². The van der Waals surface area contributed by atoms with E-state index in [1.165, 1.54) is 24.1 Å². The molecule has 0 spiro atoms. The van der Waals surface area contributed by atoms with Crippen molar-refractivity contribution in [2.24, 2.45) is 0 Å². The van der Waals surface area contributed by atoms with Crippen molar-refractivity contribution in [3.8, 4) is 0 Å². The van der Waals surface area contributed by atoms with E-state index in [1.807, 2.05) is 0 Å². The summed E-state index contributed by atoms with van der Waals surface area (Å²) in [6, 6.07) is 4.41. The van der Waals surface area contributed by atoms with Crippen molar-refractivity contribution in [1.29, 1.82) is 0 Å². The highest BCUT2D eigenvalue weighted by Crippen LogP contribution is 2.38. The van der Waals surface area contributed by atoms with Crippen LogP contribution >= 0.6 is 0 Å². The molecule has 0 N–H and O–H groups in total. The lowest BCUT2D eigenvalue weighted by atomic mass is 10.1. The highest BCUT2D eigenvalue weighted by molar-refractivity contribution is 5.98. The molecule has 1 fully saturated rings. The van der Waals surface area contributed by atoms with Crippen LogP contribution in [0.4, 0.5) is 42.2 Å².